The van der Waals surface area contributed by atoms with Crippen molar-refractivity contribution in [1.82, 2.24) is 0 Å². The summed E-state index contributed by atoms with van der Waals surface area (Å²) < 4.78 is 0. The molecule has 0 radical (unpaired) electrons. The molecule has 0 N–H and O–H groups in total. The summed E-state index contributed by atoms with van der Waals surface area (Å²) in [7, 11) is 0. The molecule has 0 amide bonds. The first-order chi connectivity index (χ1) is 5.11. The number of hydrogen-bond donors (Lipinski definition) is 0. The zero-order valence-electron chi connectivity index (χ0n) is 8.43. The van der Waals surface area contributed by atoms with Gasteiger partial charge in [0.1, 0.15) is 0 Å². The Morgan fingerprint density at radius 1 is 1.09 bits per heavy atom. The molecule has 1 aliphatic rings. The van der Waals surface area contributed by atoms with E-state index in [1.165, 1.54) is 19.3 Å². The van der Waals surface area contributed by atoms with Crippen molar-refractivity contribution in [1.29, 1.82) is 0 Å². The predicted molar refractivity (Wildman–Crippen MR) is 50.5 cm³/mol. The molecule has 0 spiro atoms. The van der Waals surface area contributed by atoms with Gasteiger partial charge in [0.15, 0.2) is 0 Å². The van der Waals surface area contributed by atoms with Crippen molar-refractivity contribution in [2.45, 2.75) is 47.0 Å². The lowest BCUT2D eigenvalue weighted by Crippen LogP contribution is -2.25. The van der Waals surface area contributed by atoms with Crippen LogP contribution in [0, 0.1) is 23.7 Å². The van der Waals surface area contributed by atoms with Crippen LogP contribution in [0.15, 0.2) is 0 Å². The zero-order chi connectivity index (χ0) is 8.43. The van der Waals surface area contributed by atoms with Gasteiger partial charge in [-0.2, -0.15) is 0 Å². The highest BCUT2D eigenvalue weighted by molar-refractivity contribution is 4.77. The molecule has 0 aromatic heterocycles. The van der Waals surface area contributed by atoms with Crippen LogP contribution in [0.4, 0.5) is 0 Å². The van der Waals surface area contributed by atoms with E-state index in [0.717, 1.165) is 23.7 Å². The van der Waals surface area contributed by atoms with Crippen molar-refractivity contribution in [3.05, 3.63) is 0 Å². The maximum absolute atomic E-state index is 2.43. The van der Waals surface area contributed by atoms with Crippen LogP contribution in [0.2, 0.25) is 0 Å². The van der Waals surface area contributed by atoms with Gasteiger partial charge in [-0.05, 0) is 36.5 Å². The minimum atomic E-state index is 0.900. The standard InChI is InChI=1S/C11H22/c1-8(2)11-6-5-9(3)7-10(11)4/h8-11H,5-7H2,1-4H3/t9-,10+,11+/m1/s1. The molecule has 1 saturated carbocycles. The maximum Gasteiger partial charge on any atom is -0.0365 e. The highest BCUT2D eigenvalue weighted by Gasteiger charge is 2.26. The smallest absolute Gasteiger partial charge is 0.0365 e. The fraction of sp³-hybridized carbons (Fsp3) is 1.00. The largest absolute Gasteiger partial charge is 0.0625 e. The molecule has 0 aromatic rings. The first-order valence-corrected chi connectivity index (χ1v) is 5.11. The van der Waals surface area contributed by atoms with E-state index in [1.807, 2.05) is 0 Å². The molecule has 3 atom stereocenters. The molecule has 0 bridgehead atoms. The molecule has 0 saturated heterocycles. The van der Waals surface area contributed by atoms with Crippen molar-refractivity contribution >= 4 is 0 Å². The lowest BCUT2D eigenvalue weighted by atomic mass is 9.71. The summed E-state index contributed by atoms with van der Waals surface area (Å²) in [5.74, 6) is 3.86. The normalized spacial score (nSPS) is 39.5. The Labute approximate surface area is 71.4 Å². The minimum Gasteiger partial charge on any atom is -0.0625 e. The third-order valence-electron chi connectivity index (χ3n) is 3.35. The Kier molecular flexibility index (Phi) is 2.98. The van der Waals surface area contributed by atoms with E-state index in [2.05, 4.69) is 27.7 Å². The van der Waals surface area contributed by atoms with Crippen molar-refractivity contribution < 1.29 is 0 Å². The Bertz CT molecular complexity index is 115. The van der Waals surface area contributed by atoms with Gasteiger partial charge in [-0.25, -0.2) is 0 Å². The molecular formula is C11H22. The Balaban J connectivity index is 2.44. The van der Waals surface area contributed by atoms with Crippen LogP contribution in [-0.4, -0.2) is 0 Å². The molecule has 0 unspecified atom stereocenters. The predicted octanol–water partition coefficient (Wildman–Crippen LogP) is 3.71. The summed E-state index contributed by atoms with van der Waals surface area (Å²) in [6, 6.07) is 0. The van der Waals surface area contributed by atoms with E-state index in [9.17, 15) is 0 Å². The van der Waals surface area contributed by atoms with E-state index in [4.69, 9.17) is 0 Å². The quantitative estimate of drug-likeness (QED) is 0.540. The van der Waals surface area contributed by atoms with Crippen LogP contribution < -0.4 is 0 Å². The van der Waals surface area contributed by atoms with Crippen LogP contribution in [0.3, 0.4) is 0 Å². The Morgan fingerprint density at radius 2 is 1.73 bits per heavy atom. The van der Waals surface area contributed by atoms with Gasteiger partial charge in [0.25, 0.3) is 0 Å². The van der Waals surface area contributed by atoms with Crippen molar-refractivity contribution in [3.8, 4) is 0 Å². The lowest BCUT2D eigenvalue weighted by Gasteiger charge is -2.35. The molecule has 1 rings (SSSR count). The van der Waals surface area contributed by atoms with E-state index >= 15 is 0 Å². The summed E-state index contributed by atoms with van der Waals surface area (Å²) in [6.45, 7) is 9.57. The topological polar surface area (TPSA) is 0 Å². The van der Waals surface area contributed by atoms with Gasteiger partial charge in [0.05, 0.1) is 0 Å². The maximum atomic E-state index is 2.43. The second-order valence-electron chi connectivity index (χ2n) is 4.80. The second kappa shape index (κ2) is 3.60. The number of hydrogen-bond acceptors (Lipinski definition) is 0. The van der Waals surface area contributed by atoms with Gasteiger partial charge < -0.3 is 0 Å². The molecule has 0 aliphatic heterocycles. The Morgan fingerprint density at radius 3 is 2.18 bits per heavy atom. The summed E-state index contributed by atoms with van der Waals surface area (Å²) in [5, 5.41) is 0. The molecule has 11 heavy (non-hydrogen) atoms. The third kappa shape index (κ3) is 2.21. The van der Waals surface area contributed by atoms with Crippen LogP contribution in [0.1, 0.15) is 47.0 Å². The van der Waals surface area contributed by atoms with E-state index < -0.39 is 0 Å². The van der Waals surface area contributed by atoms with Crippen molar-refractivity contribution in [2.75, 3.05) is 0 Å². The van der Waals surface area contributed by atoms with Gasteiger partial charge >= 0.3 is 0 Å². The minimum absolute atomic E-state index is 0.900. The summed E-state index contributed by atoms with van der Waals surface area (Å²) in [4.78, 5) is 0. The molecule has 1 aliphatic carbocycles. The Hall–Kier alpha value is 0. The molecule has 0 heteroatoms. The van der Waals surface area contributed by atoms with Gasteiger partial charge in [-0.1, -0.05) is 34.1 Å². The summed E-state index contributed by atoms with van der Waals surface area (Å²) in [6.07, 6.45) is 4.40. The molecule has 66 valence electrons. The number of rotatable bonds is 1. The molecular weight excluding hydrogens is 132 g/mol. The third-order valence-corrected chi connectivity index (χ3v) is 3.35. The van der Waals surface area contributed by atoms with Crippen LogP contribution in [-0.2, 0) is 0 Å². The van der Waals surface area contributed by atoms with Gasteiger partial charge in [-0.15, -0.1) is 0 Å². The summed E-state index contributed by atoms with van der Waals surface area (Å²) >= 11 is 0. The SMILES string of the molecule is CC(C)[C@@H]1CC[C@@H](C)C[C@@H]1C. The van der Waals surface area contributed by atoms with Gasteiger partial charge in [-0.3, -0.25) is 0 Å². The highest BCUT2D eigenvalue weighted by Crippen LogP contribution is 2.37. The van der Waals surface area contributed by atoms with Gasteiger partial charge in [0, 0.05) is 0 Å². The van der Waals surface area contributed by atoms with Crippen LogP contribution in [0.25, 0.3) is 0 Å². The first kappa shape index (κ1) is 9.09. The monoisotopic (exact) mass is 154 g/mol. The van der Waals surface area contributed by atoms with E-state index in [-0.39, 0.29) is 0 Å². The second-order valence-corrected chi connectivity index (χ2v) is 4.80. The van der Waals surface area contributed by atoms with Crippen molar-refractivity contribution in [2.24, 2.45) is 23.7 Å². The zero-order valence-corrected chi connectivity index (χ0v) is 8.43. The van der Waals surface area contributed by atoms with Crippen molar-refractivity contribution in [3.63, 3.8) is 0 Å². The van der Waals surface area contributed by atoms with Crippen LogP contribution in [0.5, 0.6) is 0 Å². The molecule has 0 nitrogen and oxygen atoms in total. The molecule has 0 heterocycles. The lowest BCUT2D eigenvalue weighted by molar-refractivity contribution is 0.158. The first-order valence-electron chi connectivity index (χ1n) is 5.11. The van der Waals surface area contributed by atoms with Crippen LogP contribution >= 0.6 is 0 Å². The molecule has 0 aromatic carbocycles. The fourth-order valence-corrected chi connectivity index (χ4v) is 2.68. The van der Waals surface area contributed by atoms with E-state index in [1.54, 1.807) is 0 Å². The average molecular weight is 154 g/mol. The average Bonchev–Trinajstić information content (AvgIpc) is 1.85. The summed E-state index contributed by atoms with van der Waals surface area (Å²) in [5.41, 5.74) is 0. The van der Waals surface area contributed by atoms with E-state index in [0.29, 0.717) is 0 Å². The fourth-order valence-electron chi connectivity index (χ4n) is 2.68. The van der Waals surface area contributed by atoms with Gasteiger partial charge in [0.2, 0.25) is 0 Å². The highest BCUT2D eigenvalue weighted by atomic mass is 14.3. The molecule has 1 fully saturated rings.